The maximum Gasteiger partial charge on any atom is 0.00790 e. The summed E-state index contributed by atoms with van der Waals surface area (Å²) in [7, 11) is 0. The molecule has 13 heavy (non-hydrogen) atoms. The summed E-state index contributed by atoms with van der Waals surface area (Å²) in [4.78, 5) is 2.64. The van der Waals surface area contributed by atoms with Gasteiger partial charge in [0.05, 0.1) is 0 Å². The van der Waals surface area contributed by atoms with Gasteiger partial charge in [-0.3, -0.25) is 0 Å². The van der Waals surface area contributed by atoms with Crippen LogP contribution in [-0.4, -0.2) is 37.1 Å². The summed E-state index contributed by atoms with van der Waals surface area (Å²) in [5.41, 5.74) is 0. The zero-order valence-corrected chi connectivity index (χ0v) is 9.18. The molecule has 1 rings (SSSR count). The highest BCUT2D eigenvalue weighted by atomic mass is 15.2. The average molecular weight is 184 g/mol. The van der Waals surface area contributed by atoms with Gasteiger partial charge in [0.25, 0.3) is 0 Å². The lowest BCUT2D eigenvalue weighted by Gasteiger charge is -2.32. The highest BCUT2D eigenvalue weighted by Crippen LogP contribution is 2.13. The molecule has 1 fully saturated rings. The second kappa shape index (κ2) is 6.39. The Labute approximate surface area is 82.7 Å². The lowest BCUT2D eigenvalue weighted by Crippen LogP contribution is -2.38. The van der Waals surface area contributed by atoms with Crippen molar-refractivity contribution in [3.05, 3.63) is 0 Å². The van der Waals surface area contributed by atoms with Crippen LogP contribution in [0.15, 0.2) is 0 Å². The van der Waals surface area contributed by atoms with Gasteiger partial charge in [-0.05, 0) is 52.4 Å². The first-order valence-corrected chi connectivity index (χ1v) is 5.79. The molecule has 1 atom stereocenters. The van der Waals surface area contributed by atoms with Crippen molar-refractivity contribution in [2.75, 3.05) is 26.2 Å². The fourth-order valence-corrected chi connectivity index (χ4v) is 2.03. The summed E-state index contributed by atoms with van der Waals surface area (Å²) in [6.45, 7) is 9.47. The van der Waals surface area contributed by atoms with Crippen LogP contribution in [0.4, 0.5) is 0 Å². The lowest BCUT2D eigenvalue weighted by atomic mass is 10.1. The Morgan fingerprint density at radius 1 is 1.23 bits per heavy atom. The van der Waals surface area contributed by atoms with Gasteiger partial charge >= 0.3 is 0 Å². The van der Waals surface area contributed by atoms with Crippen LogP contribution in [0.5, 0.6) is 0 Å². The minimum atomic E-state index is 0.777. The van der Waals surface area contributed by atoms with Crippen molar-refractivity contribution >= 4 is 0 Å². The second-order valence-electron chi connectivity index (χ2n) is 4.09. The van der Waals surface area contributed by atoms with Crippen molar-refractivity contribution in [3.63, 3.8) is 0 Å². The van der Waals surface area contributed by atoms with Crippen LogP contribution >= 0.6 is 0 Å². The summed E-state index contributed by atoms with van der Waals surface area (Å²) in [5.74, 6) is 0. The Morgan fingerprint density at radius 2 is 1.92 bits per heavy atom. The van der Waals surface area contributed by atoms with Gasteiger partial charge in [0, 0.05) is 6.04 Å². The van der Waals surface area contributed by atoms with E-state index in [4.69, 9.17) is 0 Å². The van der Waals surface area contributed by atoms with Crippen molar-refractivity contribution in [1.29, 1.82) is 0 Å². The van der Waals surface area contributed by atoms with E-state index >= 15 is 0 Å². The van der Waals surface area contributed by atoms with Gasteiger partial charge < -0.3 is 10.2 Å². The molecule has 78 valence electrons. The topological polar surface area (TPSA) is 15.3 Å². The van der Waals surface area contributed by atoms with Crippen LogP contribution in [0.25, 0.3) is 0 Å². The average Bonchev–Trinajstić information content (AvgIpc) is 2.19. The Kier molecular flexibility index (Phi) is 5.40. The van der Waals surface area contributed by atoms with Crippen molar-refractivity contribution in [1.82, 2.24) is 10.2 Å². The van der Waals surface area contributed by atoms with E-state index in [0.717, 1.165) is 12.6 Å². The largest absolute Gasteiger partial charge is 0.317 e. The SMILES string of the molecule is CCNCCC(C)N1CCCCC1. The minimum Gasteiger partial charge on any atom is -0.317 e. The fraction of sp³-hybridized carbons (Fsp3) is 1.00. The predicted molar refractivity (Wildman–Crippen MR) is 58.0 cm³/mol. The maximum atomic E-state index is 3.39. The molecule has 1 N–H and O–H groups in total. The minimum absolute atomic E-state index is 0.777. The van der Waals surface area contributed by atoms with Crippen LogP contribution in [0.2, 0.25) is 0 Å². The first-order valence-electron chi connectivity index (χ1n) is 5.79. The molecule has 0 bridgehead atoms. The summed E-state index contributed by atoms with van der Waals surface area (Å²) in [6, 6.07) is 0.777. The third kappa shape index (κ3) is 4.10. The normalized spacial score (nSPS) is 21.7. The molecule has 2 nitrogen and oxygen atoms in total. The molecule has 0 saturated carbocycles. The van der Waals surface area contributed by atoms with E-state index in [2.05, 4.69) is 24.1 Å². The van der Waals surface area contributed by atoms with E-state index in [1.165, 1.54) is 45.3 Å². The van der Waals surface area contributed by atoms with Gasteiger partial charge in [0.15, 0.2) is 0 Å². The summed E-state index contributed by atoms with van der Waals surface area (Å²) >= 11 is 0. The Balaban J connectivity index is 2.09. The molecule has 1 aliphatic heterocycles. The number of hydrogen-bond acceptors (Lipinski definition) is 2. The van der Waals surface area contributed by atoms with Crippen LogP contribution in [-0.2, 0) is 0 Å². The number of likely N-dealkylation sites (tertiary alicyclic amines) is 1. The highest BCUT2D eigenvalue weighted by molar-refractivity contribution is 4.71. The molecular weight excluding hydrogens is 160 g/mol. The first kappa shape index (κ1) is 11.0. The van der Waals surface area contributed by atoms with E-state index < -0.39 is 0 Å². The van der Waals surface area contributed by atoms with Crippen LogP contribution in [0.3, 0.4) is 0 Å². The number of piperidine rings is 1. The lowest BCUT2D eigenvalue weighted by molar-refractivity contribution is 0.166. The van der Waals surface area contributed by atoms with Crippen LogP contribution in [0, 0.1) is 0 Å². The zero-order valence-electron chi connectivity index (χ0n) is 9.18. The zero-order chi connectivity index (χ0) is 9.52. The third-order valence-electron chi connectivity index (χ3n) is 3.00. The molecule has 1 aliphatic rings. The predicted octanol–water partition coefficient (Wildman–Crippen LogP) is 1.86. The third-order valence-corrected chi connectivity index (χ3v) is 3.00. The van der Waals surface area contributed by atoms with E-state index in [1.54, 1.807) is 0 Å². The molecule has 0 radical (unpaired) electrons. The van der Waals surface area contributed by atoms with Gasteiger partial charge in [-0.15, -0.1) is 0 Å². The second-order valence-corrected chi connectivity index (χ2v) is 4.09. The molecule has 0 spiro atoms. The molecule has 0 aromatic rings. The van der Waals surface area contributed by atoms with Crippen molar-refractivity contribution < 1.29 is 0 Å². The van der Waals surface area contributed by atoms with Crippen molar-refractivity contribution in [2.24, 2.45) is 0 Å². The van der Waals surface area contributed by atoms with E-state index in [1.807, 2.05) is 0 Å². The first-order chi connectivity index (χ1) is 6.34. The number of nitrogens with one attached hydrogen (secondary N) is 1. The van der Waals surface area contributed by atoms with E-state index in [9.17, 15) is 0 Å². The summed E-state index contributed by atoms with van der Waals surface area (Å²) in [5, 5.41) is 3.39. The van der Waals surface area contributed by atoms with Gasteiger partial charge in [-0.2, -0.15) is 0 Å². The Bertz CT molecular complexity index is 119. The fourth-order valence-electron chi connectivity index (χ4n) is 2.03. The summed E-state index contributed by atoms with van der Waals surface area (Å²) < 4.78 is 0. The van der Waals surface area contributed by atoms with Crippen LogP contribution < -0.4 is 5.32 Å². The van der Waals surface area contributed by atoms with Gasteiger partial charge in [-0.1, -0.05) is 13.3 Å². The Morgan fingerprint density at radius 3 is 2.54 bits per heavy atom. The van der Waals surface area contributed by atoms with Crippen molar-refractivity contribution in [2.45, 2.75) is 45.6 Å². The summed E-state index contributed by atoms with van der Waals surface area (Å²) in [6.07, 6.45) is 5.56. The molecule has 1 saturated heterocycles. The van der Waals surface area contributed by atoms with Crippen molar-refractivity contribution in [3.8, 4) is 0 Å². The molecule has 0 aromatic carbocycles. The highest BCUT2D eigenvalue weighted by Gasteiger charge is 2.15. The smallest absolute Gasteiger partial charge is 0.00790 e. The van der Waals surface area contributed by atoms with Gasteiger partial charge in [-0.25, -0.2) is 0 Å². The quantitative estimate of drug-likeness (QED) is 0.656. The van der Waals surface area contributed by atoms with E-state index in [-0.39, 0.29) is 0 Å². The number of rotatable bonds is 5. The standard InChI is InChI=1S/C11H24N2/c1-3-12-8-7-11(2)13-9-5-4-6-10-13/h11-12H,3-10H2,1-2H3. The monoisotopic (exact) mass is 184 g/mol. The molecule has 2 heteroatoms. The molecular formula is C11H24N2. The van der Waals surface area contributed by atoms with Gasteiger partial charge in [0.2, 0.25) is 0 Å². The number of hydrogen-bond donors (Lipinski definition) is 1. The molecule has 0 aromatic heterocycles. The molecule has 1 unspecified atom stereocenters. The maximum absolute atomic E-state index is 3.39. The van der Waals surface area contributed by atoms with Crippen LogP contribution in [0.1, 0.15) is 39.5 Å². The molecule has 1 heterocycles. The van der Waals surface area contributed by atoms with E-state index in [0.29, 0.717) is 0 Å². The molecule has 0 amide bonds. The molecule has 0 aliphatic carbocycles. The van der Waals surface area contributed by atoms with Gasteiger partial charge in [0.1, 0.15) is 0 Å². The Hall–Kier alpha value is -0.0800. The number of nitrogens with zero attached hydrogens (tertiary/aromatic N) is 1.